The number of nitrogens with zero attached hydrogens (tertiary/aromatic N) is 2. The Morgan fingerprint density at radius 3 is 3.00 bits per heavy atom. The van der Waals surface area contributed by atoms with E-state index < -0.39 is 0 Å². The smallest absolute Gasteiger partial charge is 0.150 e. The van der Waals surface area contributed by atoms with Gasteiger partial charge in [-0.25, -0.2) is 4.98 Å². The van der Waals surface area contributed by atoms with Crippen molar-refractivity contribution in [3.05, 3.63) is 16.7 Å². The summed E-state index contributed by atoms with van der Waals surface area (Å²) in [6.45, 7) is 5.37. The van der Waals surface area contributed by atoms with Crippen molar-refractivity contribution >= 4 is 11.6 Å². The fourth-order valence-corrected chi connectivity index (χ4v) is 2.41. The van der Waals surface area contributed by atoms with Gasteiger partial charge >= 0.3 is 0 Å². The Labute approximate surface area is 95.6 Å². The van der Waals surface area contributed by atoms with Crippen molar-refractivity contribution in [1.29, 1.82) is 0 Å². The van der Waals surface area contributed by atoms with Crippen molar-refractivity contribution in [3.63, 3.8) is 0 Å². The van der Waals surface area contributed by atoms with E-state index in [0.29, 0.717) is 11.1 Å². The topological polar surface area (TPSA) is 43.8 Å². The van der Waals surface area contributed by atoms with Gasteiger partial charge in [-0.15, -0.1) is 0 Å². The van der Waals surface area contributed by atoms with Crippen molar-refractivity contribution in [2.24, 2.45) is 11.7 Å². The van der Waals surface area contributed by atoms with E-state index in [9.17, 15) is 0 Å². The van der Waals surface area contributed by atoms with Gasteiger partial charge < -0.3 is 10.3 Å². The fraction of sp³-hybridized carbons (Fsp3) is 0.727. The van der Waals surface area contributed by atoms with Crippen molar-refractivity contribution in [3.8, 4) is 0 Å². The Morgan fingerprint density at radius 2 is 2.33 bits per heavy atom. The van der Waals surface area contributed by atoms with Gasteiger partial charge in [-0.2, -0.15) is 0 Å². The molecule has 1 unspecified atom stereocenters. The second kappa shape index (κ2) is 4.14. The van der Waals surface area contributed by atoms with E-state index in [2.05, 4.69) is 23.4 Å². The molecule has 0 aliphatic carbocycles. The highest BCUT2D eigenvalue weighted by Gasteiger charge is 2.22. The van der Waals surface area contributed by atoms with Crippen molar-refractivity contribution in [2.45, 2.75) is 45.7 Å². The fourth-order valence-electron chi connectivity index (χ4n) is 2.13. The predicted molar refractivity (Wildman–Crippen MR) is 62.1 cm³/mol. The molecule has 1 aliphatic heterocycles. The molecule has 0 bridgehead atoms. The first-order valence-electron chi connectivity index (χ1n) is 5.57. The maximum Gasteiger partial charge on any atom is 0.150 e. The van der Waals surface area contributed by atoms with Gasteiger partial charge in [0.1, 0.15) is 5.82 Å². The second-order valence-electron chi connectivity index (χ2n) is 4.77. The van der Waals surface area contributed by atoms with Crippen LogP contribution in [0.5, 0.6) is 0 Å². The molecule has 0 aromatic carbocycles. The van der Waals surface area contributed by atoms with Crippen LogP contribution in [0.2, 0.25) is 5.15 Å². The molecule has 0 radical (unpaired) electrons. The third-order valence-corrected chi connectivity index (χ3v) is 3.18. The van der Waals surface area contributed by atoms with Crippen molar-refractivity contribution in [1.82, 2.24) is 9.55 Å². The lowest BCUT2D eigenvalue weighted by Crippen LogP contribution is -2.31. The molecule has 2 heterocycles. The van der Waals surface area contributed by atoms with Crippen LogP contribution in [0, 0.1) is 5.92 Å². The molecule has 2 rings (SSSR count). The van der Waals surface area contributed by atoms with E-state index in [-0.39, 0.29) is 6.04 Å². The first-order chi connectivity index (χ1) is 7.08. The summed E-state index contributed by atoms with van der Waals surface area (Å²) in [7, 11) is 0. The van der Waals surface area contributed by atoms with Crippen LogP contribution < -0.4 is 5.73 Å². The first-order valence-corrected chi connectivity index (χ1v) is 5.95. The Bertz CT molecular complexity index is 357. The summed E-state index contributed by atoms with van der Waals surface area (Å²) in [4.78, 5) is 4.44. The largest absolute Gasteiger partial charge is 0.330 e. The van der Waals surface area contributed by atoms with Crippen LogP contribution in [0.4, 0.5) is 0 Å². The average molecular weight is 228 g/mol. The molecule has 1 aliphatic rings. The minimum atomic E-state index is 0.249. The molecule has 1 atom stereocenters. The standard InChI is InChI=1S/C11H18ClN3/c1-7(2)5-10-14-11(12)9-6-8(13)3-4-15(9)10/h7-8H,3-6,13H2,1-2H3. The molecule has 84 valence electrons. The van der Waals surface area contributed by atoms with Crippen LogP contribution in [-0.2, 0) is 19.4 Å². The molecule has 1 aromatic rings. The highest BCUT2D eigenvalue weighted by Crippen LogP contribution is 2.25. The van der Waals surface area contributed by atoms with Gasteiger partial charge in [-0.3, -0.25) is 0 Å². The first kappa shape index (κ1) is 11.0. The molecule has 0 saturated heterocycles. The predicted octanol–water partition coefficient (Wildman–Crippen LogP) is 2.01. The molecule has 2 N–H and O–H groups in total. The van der Waals surface area contributed by atoms with Gasteiger partial charge in [-0.1, -0.05) is 25.4 Å². The number of rotatable bonds is 2. The average Bonchev–Trinajstić information content (AvgIpc) is 2.42. The number of hydrogen-bond donors (Lipinski definition) is 1. The Balaban J connectivity index is 2.31. The Kier molecular flexibility index (Phi) is 3.03. The van der Waals surface area contributed by atoms with Crippen LogP contribution in [0.3, 0.4) is 0 Å². The molecule has 0 saturated carbocycles. The van der Waals surface area contributed by atoms with Crippen LogP contribution in [0.1, 0.15) is 31.8 Å². The van der Waals surface area contributed by atoms with Gasteiger partial charge in [-0.05, 0) is 12.3 Å². The van der Waals surface area contributed by atoms with Crippen LogP contribution in [0.15, 0.2) is 0 Å². The van der Waals surface area contributed by atoms with Gasteiger partial charge in [0.15, 0.2) is 5.15 Å². The summed E-state index contributed by atoms with van der Waals surface area (Å²) >= 11 is 6.12. The summed E-state index contributed by atoms with van der Waals surface area (Å²) in [5, 5.41) is 0.654. The van der Waals surface area contributed by atoms with Crippen molar-refractivity contribution < 1.29 is 0 Å². The van der Waals surface area contributed by atoms with E-state index in [1.54, 1.807) is 0 Å². The minimum Gasteiger partial charge on any atom is -0.330 e. The third-order valence-electron chi connectivity index (χ3n) is 2.87. The molecule has 0 fully saturated rings. The number of nitrogens with two attached hydrogens (primary N) is 1. The molecule has 0 amide bonds. The lowest BCUT2D eigenvalue weighted by molar-refractivity contribution is 0.451. The number of fused-ring (bicyclic) bond motifs is 1. The molecule has 0 spiro atoms. The van der Waals surface area contributed by atoms with E-state index >= 15 is 0 Å². The minimum absolute atomic E-state index is 0.249. The summed E-state index contributed by atoms with van der Waals surface area (Å²) in [6, 6.07) is 0.249. The maximum absolute atomic E-state index is 6.12. The monoisotopic (exact) mass is 227 g/mol. The molecule has 4 heteroatoms. The number of halogens is 1. The molecular weight excluding hydrogens is 210 g/mol. The molecule has 3 nitrogen and oxygen atoms in total. The summed E-state index contributed by atoms with van der Waals surface area (Å²) < 4.78 is 2.26. The lowest BCUT2D eigenvalue weighted by atomic mass is 10.0. The molecule has 1 aromatic heterocycles. The number of aromatic nitrogens is 2. The van der Waals surface area contributed by atoms with Crippen LogP contribution in [0.25, 0.3) is 0 Å². The van der Waals surface area contributed by atoms with Gasteiger partial charge in [0.2, 0.25) is 0 Å². The van der Waals surface area contributed by atoms with Crippen LogP contribution >= 0.6 is 11.6 Å². The number of hydrogen-bond acceptors (Lipinski definition) is 2. The zero-order valence-electron chi connectivity index (χ0n) is 9.33. The van der Waals surface area contributed by atoms with Gasteiger partial charge in [0.25, 0.3) is 0 Å². The second-order valence-corrected chi connectivity index (χ2v) is 5.13. The highest BCUT2D eigenvalue weighted by atomic mass is 35.5. The van der Waals surface area contributed by atoms with E-state index in [1.165, 1.54) is 0 Å². The van der Waals surface area contributed by atoms with E-state index in [1.807, 2.05) is 0 Å². The Hall–Kier alpha value is -0.540. The summed E-state index contributed by atoms with van der Waals surface area (Å²) in [5.74, 6) is 1.74. The van der Waals surface area contributed by atoms with Crippen molar-refractivity contribution in [2.75, 3.05) is 0 Å². The van der Waals surface area contributed by atoms with Crippen LogP contribution in [-0.4, -0.2) is 15.6 Å². The Morgan fingerprint density at radius 1 is 1.60 bits per heavy atom. The van der Waals surface area contributed by atoms with Gasteiger partial charge in [0.05, 0.1) is 5.69 Å². The maximum atomic E-state index is 6.12. The summed E-state index contributed by atoms with van der Waals surface area (Å²) in [6.07, 6.45) is 2.89. The third kappa shape index (κ3) is 2.18. The quantitative estimate of drug-likeness (QED) is 0.840. The zero-order valence-corrected chi connectivity index (χ0v) is 10.1. The van der Waals surface area contributed by atoms with E-state index in [4.69, 9.17) is 17.3 Å². The van der Waals surface area contributed by atoms with E-state index in [0.717, 1.165) is 37.3 Å². The zero-order chi connectivity index (χ0) is 11.0. The normalized spacial score (nSPS) is 20.7. The summed E-state index contributed by atoms with van der Waals surface area (Å²) in [5.41, 5.74) is 7.06. The molecular formula is C11H18ClN3. The number of imidazole rings is 1. The molecule has 15 heavy (non-hydrogen) atoms. The SMILES string of the molecule is CC(C)Cc1nc(Cl)c2n1CCC(N)C2. The van der Waals surface area contributed by atoms with Gasteiger partial charge in [0, 0.05) is 25.4 Å². The highest BCUT2D eigenvalue weighted by molar-refractivity contribution is 6.30. The lowest BCUT2D eigenvalue weighted by Gasteiger charge is -2.22.